The smallest absolute Gasteiger partial charge is 0.267 e. The van der Waals surface area contributed by atoms with Crippen LogP contribution in [0.25, 0.3) is 6.08 Å². The highest BCUT2D eigenvalue weighted by Gasteiger charge is 2.62. The van der Waals surface area contributed by atoms with E-state index in [0.717, 1.165) is 38.0 Å². The standard InChI is InChI=1S/C23H26FN3O2/c24-17-7-5-16(6-8-17)3-2-12-27-14-19-18(21-9-10-23(19,15-27)29-21)13-26-22(28)20-4-1-11-25-20/h1-8,11,18-19,21,25H,9-10,12-15H2,(H,26,28)/t18-,19+,21+,23+/m0/s1. The highest BCUT2D eigenvalue weighted by atomic mass is 19.1. The lowest BCUT2D eigenvalue weighted by Crippen LogP contribution is -2.42. The molecule has 2 bridgehead atoms. The Kier molecular flexibility index (Phi) is 4.76. The Balaban J connectivity index is 1.19. The fourth-order valence-electron chi connectivity index (χ4n) is 5.39. The van der Waals surface area contributed by atoms with Crippen LogP contribution in [-0.4, -0.2) is 53.7 Å². The van der Waals surface area contributed by atoms with Gasteiger partial charge in [0.15, 0.2) is 0 Å². The number of hydrogen-bond donors (Lipinski definition) is 2. The number of hydrogen-bond acceptors (Lipinski definition) is 3. The van der Waals surface area contributed by atoms with Crippen LogP contribution in [0.2, 0.25) is 0 Å². The van der Waals surface area contributed by atoms with E-state index in [4.69, 9.17) is 4.74 Å². The molecule has 0 aliphatic carbocycles. The minimum Gasteiger partial charge on any atom is -0.370 e. The fraction of sp³-hybridized carbons (Fsp3) is 0.435. The van der Waals surface area contributed by atoms with Crippen LogP contribution in [-0.2, 0) is 4.74 Å². The molecule has 3 fully saturated rings. The number of ether oxygens (including phenoxy) is 1. The third kappa shape index (κ3) is 3.51. The van der Waals surface area contributed by atoms with Crippen LogP contribution in [0, 0.1) is 17.7 Å². The number of carbonyl (C=O) groups is 1. The first kappa shape index (κ1) is 18.6. The summed E-state index contributed by atoms with van der Waals surface area (Å²) in [5.41, 5.74) is 1.56. The van der Waals surface area contributed by atoms with Gasteiger partial charge in [0.2, 0.25) is 0 Å². The molecule has 0 saturated carbocycles. The fourth-order valence-corrected chi connectivity index (χ4v) is 5.39. The van der Waals surface area contributed by atoms with Gasteiger partial charge in [0.1, 0.15) is 11.5 Å². The second-order valence-corrected chi connectivity index (χ2v) is 8.47. The first-order valence-corrected chi connectivity index (χ1v) is 10.4. The molecule has 2 aromatic rings. The van der Waals surface area contributed by atoms with Gasteiger partial charge in [-0.2, -0.15) is 0 Å². The van der Waals surface area contributed by atoms with Crippen LogP contribution in [0.5, 0.6) is 0 Å². The molecular weight excluding hydrogens is 369 g/mol. The summed E-state index contributed by atoms with van der Waals surface area (Å²) < 4.78 is 19.5. The number of aromatic amines is 1. The summed E-state index contributed by atoms with van der Waals surface area (Å²) in [5, 5.41) is 3.09. The zero-order valence-corrected chi connectivity index (χ0v) is 16.3. The van der Waals surface area contributed by atoms with E-state index in [9.17, 15) is 9.18 Å². The van der Waals surface area contributed by atoms with E-state index in [1.165, 1.54) is 12.1 Å². The lowest BCUT2D eigenvalue weighted by molar-refractivity contribution is 0.00366. The van der Waals surface area contributed by atoms with E-state index < -0.39 is 0 Å². The zero-order chi connectivity index (χ0) is 19.8. The zero-order valence-electron chi connectivity index (χ0n) is 16.3. The molecule has 29 heavy (non-hydrogen) atoms. The van der Waals surface area contributed by atoms with Crippen molar-refractivity contribution < 1.29 is 13.9 Å². The number of benzene rings is 1. The van der Waals surface area contributed by atoms with Crippen LogP contribution < -0.4 is 5.32 Å². The lowest BCUT2D eigenvalue weighted by Gasteiger charge is -2.29. The number of aromatic nitrogens is 1. The first-order valence-electron chi connectivity index (χ1n) is 10.4. The Morgan fingerprint density at radius 1 is 1.34 bits per heavy atom. The minimum atomic E-state index is -0.212. The summed E-state index contributed by atoms with van der Waals surface area (Å²) in [4.78, 5) is 17.7. The van der Waals surface area contributed by atoms with E-state index >= 15 is 0 Å². The van der Waals surface area contributed by atoms with Crippen molar-refractivity contribution in [2.24, 2.45) is 11.8 Å². The third-order valence-corrected chi connectivity index (χ3v) is 6.74. The van der Waals surface area contributed by atoms with Gasteiger partial charge in [-0.3, -0.25) is 9.69 Å². The normalized spacial score (nSPS) is 30.9. The summed E-state index contributed by atoms with van der Waals surface area (Å²) in [6.45, 7) is 3.45. The Hall–Kier alpha value is -2.44. The number of halogens is 1. The van der Waals surface area contributed by atoms with Crippen LogP contribution in [0.15, 0.2) is 48.7 Å². The number of H-pyrrole nitrogens is 1. The average molecular weight is 395 g/mol. The number of carbonyl (C=O) groups excluding carboxylic acids is 1. The second kappa shape index (κ2) is 7.43. The molecule has 6 heteroatoms. The first-order chi connectivity index (χ1) is 14.1. The van der Waals surface area contributed by atoms with Gasteiger partial charge in [-0.1, -0.05) is 24.3 Å². The molecule has 4 heterocycles. The molecular formula is C23H26FN3O2. The van der Waals surface area contributed by atoms with Crippen molar-refractivity contribution in [1.29, 1.82) is 0 Å². The molecule has 1 amide bonds. The number of nitrogens with one attached hydrogen (secondary N) is 2. The summed E-state index contributed by atoms with van der Waals surface area (Å²) in [5.74, 6) is 0.568. The molecule has 2 N–H and O–H groups in total. The van der Waals surface area contributed by atoms with Crippen molar-refractivity contribution in [3.63, 3.8) is 0 Å². The van der Waals surface area contributed by atoms with E-state index in [1.807, 2.05) is 12.1 Å². The van der Waals surface area contributed by atoms with Crippen LogP contribution in [0.3, 0.4) is 0 Å². The molecule has 1 spiro atoms. The number of fused-ring (bicyclic) bond motifs is 1. The maximum atomic E-state index is 13.0. The number of amides is 1. The number of nitrogens with zero attached hydrogens (tertiary/aromatic N) is 1. The average Bonchev–Trinajstić information content (AvgIpc) is 3.48. The summed E-state index contributed by atoms with van der Waals surface area (Å²) in [7, 11) is 0. The molecule has 3 aliphatic rings. The largest absolute Gasteiger partial charge is 0.370 e. The maximum Gasteiger partial charge on any atom is 0.267 e. The van der Waals surface area contributed by atoms with Gasteiger partial charge >= 0.3 is 0 Å². The van der Waals surface area contributed by atoms with Crippen molar-refractivity contribution in [3.05, 3.63) is 65.7 Å². The summed E-state index contributed by atoms with van der Waals surface area (Å²) in [6, 6.07) is 10.2. The Labute approximate surface area is 169 Å². The van der Waals surface area contributed by atoms with Gasteiger partial charge in [-0.25, -0.2) is 4.39 Å². The highest BCUT2D eigenvalue weighted by molar-refractivity contribution is 5.92. The molecule has 0 unspecified atom stereocenters. The van der Waals surface area contributed by atoms with Crippen molar-refractivity contribution in [2.45, 2.75) is 24.5 Å². The van der Waals surface area contributed by atoms with Gasteiger partial charge < -0.3 is 15.0 Å². The van der Waals surface area contributed by atoms with Crippen molar-refractivity contribution in [2.75, 3.05) is 26.2 Å². The molecule has 0 radical (unpaired) electrons. The van der Waals surface area contributed by atoms with Gasteiger partial charge in [0.25, 0.3) is 5.91 Å². The van der Waals surface area contributed by atoms with Gasteiger partial charge in [0, 0.05) is 44.2 Å². The van der Waals surface area contributed by atoms with Gasteiger partial charge in [0.05, 0.1) is 11.7 Å². The maximum absolute atomic E-state index is 13.0. The molecule has 5 rings (SSSR count). The van der Waals surface area contributed by atoms with Crippen molar-refractivity contribution >= 4 is 12.0 Å². The minimum absolute atomic E-state index is 0.0454. The third-order valence-electron chi connectivity index (χ3n) is 6.74. The Morgan fingerprint density at radius 3 is 3.00 bits per heavy atom. The quantitative estimate of drug-likeness (QED) is 0.790. The lowest BCUT2D eigenvalue weighted by atomic mass is 9.73. The molecule has 3 saturated heterocycles. The van der Waals surface area contributed by atoms with E-state index in [-0.39, 0.29) is 23.4 Å². The van der Waals surface area contributed by atoms with E-state index in [0.29, 0.717) is 24.1 Å². The van der Waals surface area contributed by atoms with Crippen LogP contribution in [0.1, 0.15) is 28.9 Å². The summed E-state index contributed by atoms with van der Waals surface area (Å²) in [6.07, 6.45) is 8.40. The van der Waals surface area contributed by atoms with Gasteiger partial charge in [-0.15, -0.1) is 0 Å². The number of rotatable bonds is 6. The Morgan fingerprint density at radius 2 is 2.21 bits per heavy atom. The SMILES string of the molecule is O=C(NC[C@H]1[C@H]2CN(CC=Cc3ccc(F)cc3)C[C@]23CC[C@H]1O3)c1ccc[nH]1. The highest BCUT2D eigenvalue weighted by Crippen LogP contribution is 2.54. The molecule has 152 valence electrons. The molecule has 3 aliphatic heterocycles. The number of likely N-dealkylation sites (tertiary alicyclic amines) is 1. The predicted octanol–water partition coefficient (Wildman–Crippen LogP) is 3.08. The van der Waals surface area contributed by atoms with Crippen LogP contribution >= 0.6 is 0 Å². The monoisotopic (exact) mass is 395 g/mol. The summed E-state index contributed by atoms with van der Waals surface area (Å²) >= 11 is 0. The Bertz CT molecular complexity index is 895. The molecule has 1 aromatic heterocycles. The van der Waals surface area contributed by atoms with Crippen LogP contribution in [0.4, 0.5) is 4.39 Å². The van der Waals surface area contributed by atoms with E-state index in [2.05, 4.69) is 21.3 Å². The topological polar surface area (TPSA) is 57.4 Å². The van der Waals surface area contributed by atoms with Crippen molar-refractivity contribution in [3.8, 4) is 0 Å². The molecule has 1 aromatic carbocycles. The van der Waals surface area contributed by atoms with E-state index in [1.54, 1.807) is 24.4 Å². The van der Waals surface area contributed by atoms with Gasteiger partial charge in [-0.05, 0) is 42.7 Å². The second-order valence-electron chi connectivity index (χ2n) is 8.47. The van der Waals surface area contributed by atoms with Crippen molar-refractivity contribution in [1.82, 2.24) is 15.2 Å². The molecule has 5 nitrogen and oxygen atoms in total. The molecule has 4 atom stereocenters. The predicted molar refractivity (Wildman–Crippen MR) is 109 cm³/mol.